The average molecular weight is 264 g/mol. The van der Waals surface area contributed by atoms with Gasteiger partial charge in [-0.2, -0.15) is 10.5 Å². The third kappa shape index (κ3) is 1.59. The Morgan fingerprint density at radius 3 is 2.25 bits per heavy atom. The van der Waals surface area contributed by atoms with Crippen LogP contribution in [0.2, 0.25) is 0 Å². The highest BCUT2D eigenvalue weighted by Crippen LogP contribution is 2.10. The molecule has 0 aliphatic carbocycles. The summed E-state index contributed by atoms with van der Waals surface area (Å²) in [5.41, 5.74) is 1.28. The Labute approximate surface area is 85.4 Å². The minimum atomic E-state index is 0.356. The highest BCUT2D eigenvalue weighted by Gasteiger charge is 2.03. The molecule has 0 amide bonds. The molecule has 2 radical (unpaired) electrons. The largest absolute Gasteiger partial charge is 0.192 e. The number of hydrogen-bond acceptors (Lipinski definition) is 2. The summed E-state index contributed by atoms with van der Waals surface area (Å²) in [6.07, 6.45) is 0. The van der Waals surface area contributed by atoms with Crippen LogP contribution in [0.5, 0.6) is 0 Å². The van der Waals surface area contributed by atoms with Gasteiger partial charge >= 0.3 is 0 Å². The van der Waals surface area contributed by atoms with Gasteiger partial charge in [-0.3, -0.25) is 0 Å². The van der Waals surface area contributed by atoms with Crippen molar-refractivity contribution < 1.29 is 0 Å². The fraction of sp³-hybridized carbons (Fsp3) is 0. The van der Waals surface area contributed by atoms with Crippen molar-refractivity contribution >= 4 is 35.9 Å². The standard InChI is InChI=1S/C8H2BIN2/c9-7-1-6(4-12)8(10)2-5(7)3-11/h1-2H. The van der Waals surface area contributed by atoms with Gasteiger partial charge in [-0.25, -0.2) is 0 Å². The normalized spacial score (nSPS) is 8.58. The quantitative estimate of drug-likeness (QED) is 0.514. The van der Waals surface area contributed by atoms with E-state index in [1.165, 1.54) is 6.07 Å². The molecule has 0 unspecified atom stereocenters. The van der Waals surface area contributed by atoms with E-state index in [4.69, 9.17) is 18.4 Å². The summed E-state index contributed by atoms with van der Waals surface area (Å²) in [7, 11) is 5.50. The molecule has 0 bridgehead atoms. The van der Waals surface area contributed by atoms with Gasteiger partial charge in [0, 0.05) is 9.13 Å². The number of halogens is 1. The van der Waals surface area contributed by atoms with Crippen molar-refractivity contribution in [2.75, 3.05) is 0 Å². The molecule has 0 aliphatic heterocycles. The van der Waals surface area contributed by atoms with Crippen molar-refractivity contribution in [1.82, 2.24) is 0 Å². The fourth-order valence-corrected chi connectivity index (χ4v) is 1.36. The molecule has 4 heteroatoms. The summed E-state index contributed by atoms with van der Waals surface area (Å²) >= 11 is 2.00. The van der Waals surface area contributed by atoms with E-state index < -0.39 is 0 Å². The second kappa shape index (κ2) is 3.60. The van der Waals surface area contributed by atoms with E-state index in [0.717, 1.165) is 3.57 Å². The Balaban J connectivity index is 3.41. The van der Waals surface area contributed by atoms with Crippen molar-refractivity contribution in [2.45, 2.75) is 0 Å². The maximum atomic E-state index is 8.61. The van der Waals surface area contributed by atoms with Crippen molar-refractivity contribution in [3.8, 4) is 12.1 Å². The van der Waals surface area contributed by atoms with Gasteiger partial charge in [-0.15, -0.1) is 0 Å². The summed E-state index contributed by atoms with van der Waals surface area (Å²) in [6.45, 7) is 0. The van der Waals surface area contributed by atoms with Crippen LogP contribution in [0.25, 0.3) is 0 Å². The van der Waals surface area contributed by atoms with Crippen LogP contribution in [-0.2, 0) is 0 Å². The monoisotopic (exact) mass is 264 g/mol. The van der Waals surface area contributed by atoms with Gasteiger partial charge in [0.2, 0.25) is 0 Å². The number of benzene rings is 1. The van der Waals surface area contributed by atoms with E-state index in [1.807, 2.05) is 34.7 Å². The van der Waals surface area contributed by atoms with E-state index >= 15 is 0 Å². The van der Waals surface area contributed by atoms with E-state index in [2.05, 4.69) is 0 Å². The van der Waals surface area contributed by atoms with Gasteiger partial charge in [-0.05, 0) is 34.7 Å². The van der Waals surface area contributed by atoms with Crippen molar-refractivity contribution in [2.24, 2.45) is 0 Å². The van der Waals surface area contributed by atoms with Crippen LogP contribution in [0.1, 0.15) is 11.1 Å². The van der Waals surface area contributed by atoms with E-state index in [1.54, 1.807) is 6.07 Å². The number of nitrogens with zero attached hydrogens (tertiary/aromatic N) is 2. The zero-order valence-electron chi connectivity index (χ0n) is 6.00. The molecule has 0 atom stereocenters. The molecule has 54 valence electrons. The molecule has 0 heterocycles. The highest BCUT2D eigenvalue weighted by atomic mass is 127. The number of rotatable bonds is 0. The van der Waals surface area contributed by atoms with E-state index in [0.29, 0.717) is 16.6 Å². The van der Waals surface area contributed by atoms with Crippen LogP contribution in [0.15, 0.2) is 12.1 Å². The molecular formula is C8H2BIN2. The molecule has 1 aromatic carbocycles. The molecule has 1 aromatic rings. The lowest BCUT2D eigenvalue weighted by Gasteiger charge is -1.99. The predicted molar refractivity (Wildman–Crippen MR) is 54.0 cm³/mol. The third-order valence-electron chi connectivity index (χ3n) is 1.38. The molecule has 1 rings (SSSR count). The Morgan fingerprint density at radius 2 is 1.75 bits per heavy atom. The van der Waals surface area contributed by atoms with Crippen LogP contribution in [0, 0.1) is 26.2 Å². The summed E-state index contributed by atoms with van der Waals surface area (Å²) < 4.78 is 0.751. The van der Waals surface area contributed by atoms with Gasteiger partial charge in [0.25, 0.3) is 0 Å². The van der Waals surface area contributed by atoms with Crippen LogP contribution in [0.3, 0.4) is 0 Å². The summed E-state index contributed by atoms with van der Waals surface area (Å²) in [5.74, 6) is 0. The first-order valence-electron chi connectivity index (χ1n) is 3.08. The molecular weight excluding hydrogens is 262 g/mol. The highest BCUT2D eigenvalue weighted by molar-refractivity contribution is 14.1. The Morgan fingerprint density at radius 1 is 1.17 bits per heavy atom. The first kappa shape index (κ1) is 9.09. The zero-order valence-corrected chi connectivity index (χ0v) is 8.16. The Hall–Kier alpha value is -1.01. The molecule has 12 heavy (non-hydrogen) atoms. The maximum absolute atomic E-state index is 8.61. The molecule has 0 saturated heterocycles. The predicted octanol–water partition coefficient (Wildman–Crippen LogP) is 0.828. The SMILES string of the molecule is [B]c1cc(C#N)c(I)cc1C#N. The second-order valence-electron chi connectivity index (χ2n) is 2.14. The lowest BCUT2D eigenvalue weighted by Crippen LogP contribution is -2.09. The first-order valence-corrected chi connectivity index (χ1v) is 4.16. The Bertz CT molecular complexity index is 361. The van der Waals surface area contributed by atoms with Gasteiger partial charge in [-0.1, -0.05) is 5.46 Å². The van der Waals surface area contributed by atoms with Gasteiger partial charge < -0.3 is 0 Å². The van der Waals surface area contributed by atoms with Crippen molar-refractivity contribution in [3.63, 3.8) is 0 Å². The second-order valence-corrected chi connectivity index (χ2v) is 3.31. The van der Waals surface area contributed by atoms with E-state index in [9.17, 15) is 0 Å². The molecule has 0 aromatic heterocycles. The van der Waals surface area contributed by atoms with Gasteiger partial charge in [0.15, 0.2) is 0 Å². The van der Waals surface area contributed by atoms with Gasteiger partial charge in [0.1, 0.15) is 13.9 Å². The lowest BCUT2D eigenvalue weighted by atomic mass is 9.90. The molecule has 0 spiro atoms. The zero-order chi connectivity index (χ0) is 9.14. The fourth-order valence-electron chi connectivity index (χ4n) is 0.773. The smallest absolute Gasteiger partial charge is 0.115 e. The minimum absolute atomic E-state index is 0.356. The minimum Gasteiger partial charge on any atom is -0.192 e. The summed E-state index contributed by atoms with van der Waals surface area (Å²) in [4.78, 5) is 0. The Kier molecular flexibility index (Phi) is 2.72. The van der Waals surface area contributed by atoms with Crippen molar-refractivity contribution in [3.05, 3.63) is 26.8 Å². The summed E-state index contributed by atoms with van der Waals surface area (Å²) in [6, 6.07) is 7.06. The molecule has 0 aliphatic rings. The van der Waals surface area contributed by atoms with Crippen LogP contribution in [-0.4, -0.2) is 7.85 Å². The number of nitriles is 2. The lowest BCUT2D eigenvalue weighted by molar-refractivity contribution is 1.45. The maximum Gasteiger partial charge on any atom is 0.115 e. The van der Waals surface area contributed by atoms with Crippen molar-refractivity contribution in [1.29, 1.82) is 10.5 Å². The molecule has 0 saturated carbocycles. The average Bonchev–Trinajstić information content (AvgIpc) is 2.08. The topological polar surface area (TPSA) is 47.6 Å². The molecule has 0 N–H and O–H groups in total. The molecule has 2 nitrogen and oxygen atoms in total. The third-order valence-corrected chi connectivity index (χ3v) is 2.27. The van der Waals surface area contributed by atoms with Crippen LogP contribution >= 0.6 is 22.6 Å². The van der Waals surface area contributed by atoms with Crippen LogP contribution < -0.4 is 5.46 Å². The van der Waals surface area contributed by atoms with Gasteiger partial charge in [0.05, 0.1) is 11.6 Å². The first-order chi connectivity index (χ1) is 5.69. The van der Waals surface area contributed by atoms with E-state index in [-0.39, 0.29) is 0 Å². The number of hydrogen-bond donors (Lipinski definition) is 0. The molecule has 0 fully saturated rings. The van der Waals surface area contributed by atoms with Crippen LogP contribution in [0.4, 0.5) is 0 Å². The summed E-state index contributed by atoms with van der Waals surface area (Å²) in [5, 5.41) is 17.2.